The Balaban J connectivity index is 1.60. The van der Waals surface area contributed by atoms with Crippen LogP contribution in [0.25, 0.3) is 0 Å². The maximum Gasteiger partial charge on any atom is 0.315 e. The lowest BCUT2D eigenvalue weighted by Crippen LogP contribution is -2.40. The molecule has 6 heteroatoms. The summed E-state index contributed by atoms with van der Waals surface area (Å²) in [6.45, 7) is 0.479. The Bertz CT molecular complexity index is 659. The van der Waals surface area contributed by atoms with Crippen LogP contribution in [0.4, 0.5) is 4.79 Å². The molecule has 0 bridgehead atoms. The van der Waals surface area contributed by atoms with Crippen molar-refractivity contribution in [3.05, 3.63) is 56.2 Å². The molecule has 2 aromatic rings. The molecule has 0 spiro atoms. The number of rotatable bonds is 3. The number of carbonyl (C=O) groups is 1. The van der Waals surface area contributed by atoms with Crippen LogP contribution < -0.4 is 10.6 Å². The number of amides is 2. The minimum Gasteiger partial charge on any atom is -0.390 e. The topological polar surface area (TPSA) is 61.4 Å². The molecular formula is C15H15BrN2O2S. The van der Waals surface area contributed by atoms with E-state index in [1.807, 2.05) is 36.4 Å². The first kappa shape index (κ1) is 14.6. The number of fused-ring (bicyclic) bond motifs is 1. The highest BCUT2D eigenvalue weighted by Crippen LogP contribution is 2.31. The first-order chi connectivity index (χ1) is 10.1. The second kappa shape index (κ2) is 6.17. The number of halogens is 1. The van der Waals surface area contributed by atoms with Crippen molar-refractivity contribution in [2.75, 3.05) is 0 Å². The van der Waals surface area contributed by atoms with Gasteiger partial charge in [0.25, 0.3) is 0 Å². The average Bonchev–Trinajstić information content (AvgIpc) is 3.01. The van der Waals surface area contributed by atoms with Gasteiger partial charge >= 0.3 is 6.03 Å². The van der Waals surface area contributed by atoms with Crippen molar-refractivity contribution in [3.63, 3.8) is 0 Å². The Morgan fingerprint density at radius 1 is 1.33 bits per heavy atom. The lowest BCUT2D eigenvalue weighted by molar-refractivity contribution is 0.142. The highest BCUT2D eigenvalue weighted by atomic mass is 79.9. The van der Waals surface area contributed by atoms with E-state index in [1.54, 1.807) is 11.3 Å². The van der Waals surface area contributed by atoms with Crippen molar-refractivity contribution in [1.29, 1.82) is 0 Å². The quantitative estimate of drug-likeness (QED) is 0.781. The number of benzene rings is 1. The van der Waals surface area contributed by atoms with Gasteiger partial charge in [-0.1, -0.05) is 24.3 Å². The molecule has 1 heterocycles. The number of thiophene rings is 1. The minimum atomic E-state index is -0.566. The molecule has 110 valence electrons. The third-order valence-corrected chi connectivity index (χ3v) is 5.17. The first-order valence-corrected chi connectivity index (χ1v) is 8.29. The Hall–Kier alpha value is -1.37. The van der Waals surface area contributed by atoms with Crippen molar-refractivity contribution in [2.24, 2.45) is 0 Å². The molecule has 3 rings (SSSR count). The lowest BCUT2D eigenvalue weighted by atomic mass is 10.1. The molecule has 1 aliphatic rings. The van der Waals surface area contributed by atoms with Crippen molar-refractivity contribution in [2.45, 2.75) is 25.1 Å². The first-order valence-electron chi connectivity index (χ1n) is 6.68. The average molecular weight is 367 g/mol. The number of aliphatic hydroxyl groups is 1. The van der Waals surface area contributed by atoms with Crippen LogP contribution in [0.2, 0.25) is 0 Å². The molecule has 1 aliphatic carbocycles. The van der Waals surface area contributed by atoms with E-state index in [4.69, 9.17) is 0 Å². The second-order valence-corrected chi connectivity index (χ2v) is 7.53. The number of aliphatic hydroxyl groups excluding tert-OH is 1. The highest BCUT2D eigenvalue weighted by molar-refractivity contribution is 9.11. The van der Waals surface area contributed by atoms with Gasteiger partial charge in [-0.3, -0.25) is 0 Å². The molecule has 1 aromatic carbocycles. The Labute approximate surface area is 135 Å². The van der Waals surface area contributed by atoms with E-state index in [1.165, 1.54) is 0 Å². The van der Waals surface area contributed by atoms with Crippen LogP contribution in [0.1, 0.15) is 22.0 Å². The van der Waals surface area contributed by atoms with Gasteiger partial charge in [0.15, 0.2) is 0 Å². The Morgan fingerprint density at radius 2 is 2.14 bits per heavy atom. The van der Waals surface area contributed by atoms with Gasteiger partial charge in [0.05, 0.1) is 22.5 Å². The van der Waals surface area contributed by atoms with Crippen LogP contribution in [0.5, 0.6) is 0 Å². The number of carbonyl (C=O) groups excluding carboxylic acids is 1. The van der Waals surface area contributed by atoms with Crippen molar-refractivity contribution in [3.8, 4) is 0 Å². The fourth-order valence-electron chi connectivity index (χ4n) is 2.55. The molecule has 0 aliphatic heterocycles. The molecule has 3 N–H and O–H groups in total. The van der Waals surface area contributed by atoms with Crippen LogP contribution in [-0.4, -0.2) is 17.2 Å². The summed E-state index contributed by atoms with van der Waals surface area (Å²) < 4.78 is 1.04. The third-order valence-electron chi connectivity index (χ3n) is 3.54. The zero-order valence-corrected chi connectivity index (χ0v) is 13.6. The Kier molecular flexibility index (Phi) is 4.28. The molecule has 2 atom stereocenters. The maximum absolute atomic E-state index is 12.0. The summed E-state index contributed by atoms with van der Waals surface area (Å²) in [6, 6.07) is 11.1. The molecule has 0 fully saturated rings. The SMILES string of the molecule is O=C(NCc1ccc(Br)s1)NC1c2ccccc2CC1O. The zero-order valence-electron chi connectivity index (χ0n) is 11.2. The second-order valence-electron chi connectivity index (χ2n) is 4.98. The standard InChI is InChI=1S/C15H15BrN2O2S/c16-13-6-5-10(21-13)8-17-15(20)18-14-11-4-2-1-3-9(11)7-12(14)19/h1-6,12,14,19H,7-8H2,(H2,17,18,20). The summed E-state index contributed by atoms with van der Waals surface area (Å²) in [6.07, 6.45) is 0.0166. The van der Waals surface area contributed by atoms with Crippen LogP contribution in [0.3, 0.4) is 0 Å². The smallest absolute Gasteiger partial charge is 0.315 e. The summed E-state index contributed by atoms with van der Waals surface area (Å²) in [5.41, 5.74) is 2.09. The summed E-state index contributed by atoms with van der Waals surface area (Å²) in [4.78, 5) is 13.1. The van der Waals surface area contributed by atoms with Crippen LogP contribution >= 0.6 is 27.3 Å². The van der Waals surface area contributed by atoms with E-state index < -0.39 is 6.10 Å². The fraction of sp³-hybridized carbons (Fsp3) is 0.267. The largest absolute Gasteiger partial charge is 0.390 e. The third kappa shape index (κ3) is 3.28. The van der Waals surface area contributed by atoms with Crippen LogP contribution in [0, 0.1) is 0 Å². The van der Waals surface area contributed by atoms with Crippen molar-refractivity contribution >= 4 is 33.3 Å². The Morgan fingerprint density at radius 3 is 2.90 bits per heavy atom. The van der Waals surface area contributed by atoms with Gasteiger partial charge in [0.1, 0.15) is 0 Å². The summed E-state index contributed by atoms with van der Waals surface area (Å²) in [5, 5.41) is 15.8. The maximum atomic E-state index is 12.0. The molecule has 0 radical (unpaired) electrons. The van der Waals surface area contributed by atoms with E-state index in [0.29, 0.717) is 13.0 Å². The van der Waals surface area contributed by atoms with E-state index in [-0.39, 0.29) is 12.1 Å². The summed E-state index contributed by atoms with van der Waals surface area (Å²) in [5.74, 6) is 0. The number of hydrogen-bond donors (Lipinski definition) is 3. The van der Waals surface area contributed by atoms with Gasteiger partial charge < -0.3 is 15.7 Å². The van der Waals surface area contributed by atoms with Gasteiger partial charge in [-0.25, -0.2) is 4.79 Å². The van der Waals surface area contributed by atoms with Crippen LogP contribution in [-0.2, 0) is 13.0 Å². The minimum absolute atomic E-state index is 0.264. The molecule has 2 unspecified atom stereocenters. The molecule has 1 aromatic heterocycles. The van der Waals surface area contributed by atoms with Gasteiger partial charge in [-0.2, -0.15) is 0 Å². The van der Waals surface area contributed by atoms with Gasteiger partial charge in [0, 0.05) is 11.3 Å². The molecule has 4 nitrogen and oxygen atoms in total. The van der Waals surface area contributed by atoms with E-state index in [2.05, 4.69) is 26.6 Å². The van der Waals surface area contributed by atoms with Gasteiger partial charge in [-0.15, -0.1) is 11.3 Å². The predicted octanol–water partition coefficient (Wildman–Crippen LogP) is 2.97. The van der Waals surface area contributed by atoms with E-state index in [0.717, 1.165) is 19.8 Å². The molecule has 21 heavy (non-hydrogen) atoms. The summed E-state index contributed by atoms with van der Waals surface area (Å²) >= 11 is 4.98. The highest BCUT2D eigenvalue weighted by Gasteiger charge is 2.31. The molecule has 0 saturated heterocycles. The predicted molar refractivity (Wildman–Crippen MR) is 86.3 cm³/mol. The monoisotopic (exact) mass is 366 g/mol. The lowest BCUT2D eigenvalue weighted by Gasteiger charge is -2.18. The zero-order chi connectivity index (χ0) is 14.8. The molecule has 2 amide bonds. The molecular weight excluding hydrogens is 352 g/mol. The van der Waals surface area contributed by atoms with Gasteiger partial charge in [-0.05, 0) is 39.2 Å². The summed E-state index contributed by atoms with van der Waals surface area (Å²) in [7, 11) is 0. The van der Waals surface area contributed by atoms with Crippen LogP contribution in [0.15, 0.2) is 40.2 Å². The number of hydrogen-bond acceptors (Lipinski definition) is 3. The number of urea groups is 1. The van der Waals surface area contributed by atoms with Crippen molar-refractivity contribution in [1.82, 2.24) is 10.6 Å². The fourth-order valence-corrected chi connectivity index (χ4v) is 3.98. The van der Waals surface area contributed by atoms with E-state index >= 15 is 0 Å². The van der Waals surface area contributed by atoms with Crippen molar-refractivity contribution < 1.29 is 9.90 Å². The van der Waals surface area contributed by atoms with E-state index in [9.17, 15) is 9.90 Å². The molecule has 0 saturated carbocycles. The van der Waals surface area contributed by atoms with Gasteiger partial charge in [0.2, 0.25) is 0 Å². The number of nitrogens with one attached hydrogen (secondary N) is 2. The normalized spacial score (nSPS) is 20.1.